The highest BCUT2D eigenvalue weighted by molar-refractivity contribution is 7.13. The van der Waals surface area contributed by atoms with Crippen molar-refractivity contribution < 1.29 is 13.2 Å². The molecule has 8 heteroatoms. The molecule has 2 N–H and O–H groups in total. The summed E-state index contributed by atoms with van der Waals surface area (Å²) in [5.74, 6) is -1.76. The summed E-state index contributed by atoms with van der Waals surface area (Å²) in [6.07, 6.45) is 1.67. The number of halogens is 3. The van der Waals surface area contributed by atoms with Gasteiger partial charge >= 0.3 is 0 Å². The van der Waals surface area contributed by atoms with Gasteiger partial charge in [0.25, 0.3) is 0 Å². The van der Waals surface area contributed by atoms with Gasteiger partial charge in [-0.2, -0.15) is 5.10 Å². The number of aromatic amines is 1. The lowest BCUT2D eigenvalue weighted by Crippen LogP contribution is -2.05. The first-order valence-corrected chi connectivity index (χ1v) is 9.34. The number of nitrogens with zero attached hydrogens (tertiary/aromatic N) is 2. The van der Waals surface area contributed by atoms with E-state index in [4.69, 9.17) is 0 Å². The van der Waals surface area contributed by atoms with Crippen LogP contribution in [-0.2, 0) is 6.54 Å². The Labute approximate surface area is 163 Å². The van der Waals surface area contributed by atoms with Crippen LogP contribution in [0.5, 0.6) is 0 Å². The number of aromatic nitrogens is 3. The summed E-state index contributed by atoms with van der Waals surface area (Å²) < 4.78 is 42.3. The van der Waals surface area contributed by atoms with Gasteiger partial charge in [0.2, 0.25) is 0 Å². The second-order valence-corrected chi connectivity index (χ2v) is 7.05. The Balaban J connectivity index is 1.62. The van der Waals surface area contributed by atoms with Gasteiger partial charge in [0.1, 0.15) is 28.2 Å². The number of nitrogens with one attached hydrogen (secondary N) is 2. The van der Waals surface area contributed by atoms with E-state index in [0.29, 0.717) is 27.5 Å². The molecule has 0 atom stereocenters. The van der Waals surface area contributed by atoms with E-state index in [1.807, 2.05) is 12.3 Å². The van der Waals surface area contributed by atoms with Crippen LogP contribution in [0.2, 0.25) is 0 Å². The average Bonchev–Trinajstić information content (AvgIpc) is 3.31. The second-order valence-electron chi connectivity index (χ2n) is 6.16. The third-order valence-electron chi connectivity index (χ3n) is 4.35. The predicted octanol–water partition coefficient (Wildman–Crippen LogP) is 5.54. The van der Waals surface area contributed by atoms with E-state index in [1.54, 1.807) is 18.3 Å². The topological polar surface area (TPSA) is 53.6 Å². The van der Waals surface area contributed by atoms with Crippen LogP contribution in [0.3, 0.4) is 0 Å². The molecule has 0 aliphatic carbocycles. The van der Waals surface area contributed by atoms with Gasteiger partial charge in [-0.15, -0.1) is 11.3 Å². The summed E-state index contributed by atoms with van der Waals surface area (Å²) in [6.45, 7) is 1.72. The maximum absolute atomic E-state index is 14.9. The van der Waals surface area contributed by atoms with E-state index in [1.165, 1.54) is 35.6 Å². The van der Waals surface area contributed by atoms with Gasteiger partial charge in [-0.1, -0.05) is 6.07 Å². The molecule has 0 saturated heterocycles. The van der Waals surface area contributed by atoms with Crippen LogP contribution >= 0.6 is 11.3 Å². The zero-order valence-corrected chi connectivity index (χ0v) is 15.6. The van der Waals surface area contributed by atoms with Crippen LogP contribution in [0.25, 0.3) is 21.8 Å². The van der Waals surface area contributed by atoms with Crippen LogP contribution in [0.4, 0.5) is 18.9 Å². The normalized spacial score (nSPS) is 11.0. The lowest BCUT2D eigenvalue weighted by atomic mass is 10.0. The highest BCUT2D eigenvalue weighted by atomic mass is 32.1. The molecule has 2 aromatic heterocycles. The van der Waals surface area contributed by atoms with Crippen molar-refractivity contribution in [3.63, 3.8) is 0 Å². The fraction of sp³-hybridized carbons (Fsp3) is 0.100. The van der Waals surface area contributed by atoms with Crippen molar-refractivity contribution >= 4 is 17.0 Å². The summed E-state index contributed by atoms with van der Waals surface area (Å²) in [6, 6.07) is 8.25. The largest absolute Gasteiger partial charge is 0.381 e. The molecule has 2 heterocycles. The smallest absolute Gasteiger partial charge is 0.144 e. The average molecular weight is 400 g/mol. The monoisotopic (exact) mass is 400 g/mol. The summed E-state index contributed by atoms with van der Waals surface area (Å²) in [4.78, 5) is 4.24. The van der Waals surface area contributed by atoms with Gasteiger partial charge in [-0.25, -0.2) is 18.2 Å². The standard InChI is InChI=1S/C20H15F3N4S/c1-11-18(19(27-26-11)20-24-7-8-28-20)13-6-5-12(9-17(13)23)25-10-14-15(21)3-2-4-16(14)22/h2-9,25H,10H2,1H3,(H,26,27). The lowest BCUT2D eigenvalue weighted by Gasteiger charge is -2.11. The number of aryl methyl sites for hydroxylation is 1. The molecule has 0 saturated carbocycles. The Kier molecular flexibility index (Phi) is 4.87. The lowest BCUT2D eigenvalue weighted by molar-refractivity contribution is 0.560. The molecule has 142 valence electrons. The number of thiazole rings is 1. The molecule has 0 amide bonds. The van der Waals surface area contributed by atoms with Crippen LogP contribution in [0, 0.1) is 24.4 Å². The summed E-state index contributed by atoms with van der Waals surface area (Å²) >= 11 is 1.42. The van der Waals surface area contributed by atoms with Crippen molar-refractivity contribution in [3.8, 4) is 21.8 Å². The highest BCUT2D eigenvalue weighted by Crippen LogP contribution is 2.36. The summed E-state index contributed by atoms with van der Waals surface area (Å²) in [5, 5.41) is 12.5. The van der Waals surface area contributed by atoms with Crippen molar-refractivity contribution in [1.29, 1.82) is 0 Å². The van der Waals surface area contributed by atoms with Gasteiger partial charge in [-0.05, 0) is 37.3 Å². The molecule has 0 fully saturated rings. The van der Waals surface area contributed by atoms with Crippen molar-refractivity contribution in [3.05, 3.63) is 76.7 Å². The van der Waals surface area contributed by atoms with Crippen molar-refractivity contribution in [2.75, 3.05) is 5.32 Å². The molecule has 0 spiro atoms. The first kappa shape index (κ1) is 18.2. The van der Waals surface area contributed by atoms with Gasteiger partial charge in [-0.3, -0.25) is 5.10 Å². The second kappa shape index (κ2) is 7.47. The van der Waals surface area contributed by atoms with Crippen LogP contribution in [-0.4, -0.2) is 15.2 Å². The Morgan fingerprint density at radius 3 is 2.54 bits per heavy atom. The molecule has 2 aromatic carbocycles. The zero-order valence-electron chi connectivity index (χ0n) is 14.8. The minimum atomic E-state index is -0.647. The fourth-order valence-corrected chi connectivity index (χ4v) is 3.61. The molecule has 4 aromatic rings. The maximum atomic E-state index is 14.9. The third-order valence-corrected chi connectivity index (χ3v) is 5.13. The van der Waals surface area contributed by atoms with E-state index in [0.717, 1.165) is 5.69 Å². The van der Waals surface area contributed by atoms with E-state index < -0.39 is 17.5 Å². The molecule has 0 aliphatic heterocycles. The quantitative estimate of drug-likeness (QED) is 0.463. The minimum absolute atomic E-state index is 0.0909. The Bertz CT molecular complexity index is 1100. The Morgan fingerprint density at radius 2 is 1.86 bits per heavy atom. The molecular formula is C20H15F3N4S. The van der Waals surface area contributed by atoms with E-state index in [9.17, 15) is 13.2 Å². The van der Waals surface area contributed by atoms with Gasteiger partial charge in [0, 0.05) is 46.2 Å². The predicted molar refractivity (Wildman–Crippen MR) is 104 cm³/mol. The van der Waals surface area contributed by atoms with Crippen molar-refractivity contribution in [2.45, 2.75) is 13.5 Å². The Morgan fingerprint density at radius 1 is 1.07 bits per heavy atom. The number of anilines is 1. The molecule has 0 bridgehead atoms. The molecule has 0 radical (unpaired) electrons. The third kappa shape index (κ3) is 3.38. The number of rotatable bonds is 5. The van der Waals surface area contributed by atoms with Crippen LogP contribution in [0.1, 0.15) is 11.3 Å². The SMILES string of the molecule is Cc1[nH]nc(-c2nccs2)c1-c1ccc(NCc2c(F)cccc2F)cc1F. The number of hydrogen-bond donors (Lipinski definition) is 2. The first-order chi connectivity index (χ1) is 13.5. The molecular weight excluding hydrogens is 385 g/mol. The van der Waals surface area contributed by atoms with Crippen LogP contribution in [0.15, 0.2) is 48.0 Å². The molecule has 0 unspecified atom stereocenters. The maximum Gasteiger partial charge on any atom is 0.144 e. The van der Waals surface area contributed by atoms with Gasteiger partial charge in [0.05, 0.1) is 0 Å². The van der Waals surface area contributed by atoms with Gasteiger partial charge in [0.15, 0.2) is 0 Å². The molecule has 28 heavy (non-hydrogen) atoms. The molecule has 0 aliphatic rings. The van der Waals surface area contributed by atoms with E-state index >= 15 is 0 Å². The van der Waals surface area contributed by atoms with Gasteiger partial charge < -0.3 is 5.32 Å². The summed E-state index contributed by atoms with van der Waals surface area (Å²) in [7, 11) is 0. The highest BCUT2D eigenvalue weighted by Gasteiger charge is 2.19. The summed E-state index contributed by atoms with van der Waals surface area (Å²) in [5.41, 5.74) is 2.64. The Hall–Kier alpha value is -3.13. The van der Waals surface area contributed by atoms with E-state index in [-0.39, 0.29) is 12.1 Å². The zero-order chi connectivity index (χ0) is 19.7. The van der Waals surface area contributed by atoms with Crippen molar-refractivity contribution in [2.24, 2.45) is 0 Å². The van der Waals surface area contributed by atoms with E-state index in [2.05, 4.69) is 20.5 Å². The molecule has 4 rings (SSSR count). The number of benzene rings is 2. The number of H-pyrrole nitrogens is 1. The number of hydrogen-bond acceptors (Lipinski definition) is 4. The molecule has 4 nitrogen and oxygen atoms in total. The minimum Gasteiger partial charge on any atom is -0.381 e. The fourth-order valence-electron chi connectivity index (χ4n) is 2.97. The first-order valence-electron chi connectivity index (χ1n) is 8.46. The van der Waals surface area contributed by atoms with Crippen molar-refractivity contribution in [1.82, 2.24) is 15.2 Å². The van der Waals surface area contributed by atoms with Crippen LogP contribution < -0.4 is 5.32 Å².